The Balaban J connectivity index is 0.969. The summed E-state index contributed by atoms with van der Waals surface area (Å²) >= 11 is 0. The molecule has 0 aliphatic heterocycles. The number of fused-ring (bicyclic) bond motifs is 4. The van der Waals surface area contributed by atoms with E-state index in [1.165, 1.54) is 44.2 Å². The second kappa shape index (κ2) is 15.1. The van der Waals surface area contributed by atoms with Gasteiger partial charge in [-0.2, -0.15) is 0 Å². The fourth-order valence-corrected chi connectivity index (χ4v) is 8.71. The molecule has 10 aromatic carbocycles. The Labute approximate surface area is 349 Å². The highest BCUT2D eigenvalue weighted by atomic mass is 16.3. The maximum absolute atomic E-state index is 6.36. The number of hydrogen-bond acceptors (Lipinski definition) is 2. The van der Waals surface area contributed by atoms with Gasteiger partial charge in [-0.25, -0.2) is 0 Å². The number of benzene rings is 10. The van der Waals surface area contributed by atoms with E-state index in [9.17, 15) is 0 Å². The molecule has 1 aromatic heterocycles. The monoisotopic (exact) mass is 765 g/mol. The zero-order valence-electron chi connectivity index (χ0n) is 32.9. The van der Waals surface area contributed by atoms with Crippen molar-refractivity contribution in [3.8, 4) is 55.6 Å². The predicted octanol–water partition coefficient (Wildman–Crippen LogP) is 16.5. The molecule has 60 heavy (non-hydrogen) atoms. The van der Waals surface area contributed by atoms with Gasteiger partial charge >= 0.3 is 0 Å². The fourth-order valence-electron chi connectivity index (χ4n) is 8.71. The van der Waals surface area contributed by atoms with Crippen LogP contribution in [0, 0.1) is 0 Å². The van der Waals surface area contributed by atoms with Crippen LogP contribution in [0.5, 0.6) is 0 Å². The summed E-state index contributed by atoms with van der Waals surface area (Å²) in [6.07, 6.45) is 0. The van der Waals surface area contributed by atoms with Crippen molar-refractivity contribution in [1.82, 2.24) is 0 Å². The van der Waals surface area contributed by atoms with Crippen molar-refractivity contribution in [2.75, 3.05) is 4.90 Å². The zero-order valence-corrected chi connectivity index (χ0v) is 32.9. The van der Waals surface area contributed by atoms with Gasteiger partial charge in [0.15, 0.2) is 0 Å². The number of nitrogens with zero attached hydrogens (tertiary/aromatic N) is 1. The molecule has 1 heterocycles. The fraction of sp³-hybridized carbons (Fsp3) is 0. The highest BCUT2D eigenvalue weighted by Crippen LogP contribution is 2.43. The van der Waals surface area contributed by atoms with Crippen LogP contribution < -0.4 is 4.90 Å². The minimum Gasteiger partial charge on any atom is -0.455 e. The molecule has 0 fully saturated rings. The third-order valence-electron chi connectivity index (χ3n) is 11.7. The Hall–Kier alpha value is -7.94. The molecular formula is C58H39NO. The van der Waals surface area contributed by atoms with Gasteiger partial charge in [0.05, 0.1) is 5.69 Å². The first-order valence-electron chi connectivity index (χ1n) is 20.5. The number of furan rings is 1. The van der Waals surface area contributed by atoms with E-state index in [4.69, 9.17) is 4.42 Å². The van der Waals surface area contributed by atoms with Crippen LogP contribution in [0.4, 0.5) is 17.1 Å². The van der Waals surface area contributed by atoms with Gasteiger partial charge in [-0.15, -0.1) is 0 Å². The molecule has 0 atom stereocenters. The molecule has 11 rings (SSSR count). The van der Waals surface area contributed by atoms with Gasteiger partial charge < -0.3 is 9.32 Å². The van der Waals surface area contributed by atoms with E-state index in [2.05, 4.69) is 229 Å². The summed E-state index contributed by atoms with van der Waals surface area (Å²) in [5, 5.41) is 4.69. The van der Waals surface area contributed by atoms with E-state index in [1.54, 1.807) is 0 Å². The lowest BCUT2D eigenvalue weighted by molar-refractivity contribution is 0.670. The van der Waals surface area contributed by atoms with Gasteiger partial charge in [0.1, 0.15) is 11.2 Å². The molecule has 0 radical (unpaired) electrons. The van der Waals surface area contributed by atoms with Crippen LogP contribution in [-0.4, -0.2) is 0 Å². The maximum atomic E-state index is 6.36. The third-order valence-corrected chi connectivity index (χ3v) is 11.7. The minimum absolute atomic E-state index is 0.912. The first-order chi connectivity index (χ1) is 29.7. The SMILES string of the molecule is c1ccc(-c2cccc(-c3ccc(N(c4ccc(-c5ccc(-c6cccc7c6oc6ccccc67)cc5)cc4)c4ccc(-c5ccccc5)c5ccccc45)cc3)c2)cc1. The minimum atomic E-state index is 0.912. The van der Waals surface area contributed by atoms with Crippen LogP contribution in [0.25, 0.3) is 88.3 Å². The van der Waals surface area contributed by atoms with Crippen molar-refractivity contribution in [1.29, 1.82) is 0 Å². The van der Waals surface area contributed by atoms with E-state index >= 15 is 0 Å². The van der Waals surface area contributed by atoms with Gasteiger partial charge in [0.25, 0.3) is 0 Å². The van der Waals surface area contributed by atoms with Crippen molar-refractivity contribution < 1.29 is 4.42 Å². The standard InChI is InChI=1S/C58H39NO/c1-3-13-40(14-4-1)46-17-11-18-47(39-46)43-31-35-49(36-32-43)59(56-38-37-50(44-15-5-2-6-16-44)52-19-7-8-20-53(52)56)48-33-29-42(30-34-48)41-25-27-45(28-26-41)51-22-12-23-55-54-21-9-10-24-57(54)60-58(51)55/h1-39H. The number of anilines is 3. The third kappa shape index (κ3) is 6.41. The molecular weight excluding hydrogens is 727 g/mol. The molecule has 0 N–H and O–H groups in total. The lowest BCUT2D eigenvalue weighted by atomic mass is 9.96. The molecule has 0 aliphatic carbocycles. The molecule has 0 saturated heterocycles. The summed E-state index contributed by atoms with van der Waals surface area (Å²) in [4.78, 5) is 2.39. The molecule has 0 unspecified atom stereocenters. The van der Waals surface area contributed by atoms with Gasteiger partial charge in [0.2, 0.25) is 0 Å². The molecule has 0 spiro atoms. The molecule has 0 saturated carbocycles. The number of hydrogen-bond donors (Lipinski definition) is 0. The van der Waals surface area contributed by atoms with E-state index in [-0.39, 0.29) is 0 Å². The predicted molar refractivity (Wildman–Crippen MR) is 253 cm³/mol. The Morgan fingerprint density at radius 3 is 1.38 bits per heavy atom. The second-order valence-corrected chi connectivity index (χ2v) is 15.3. The largest absolute Gasteiger partial charge is 0.455 e. The van der Waals surface area contributed by atoms with Gasteiger partial charge in [-0.3, -0.25) is 0 Å². The molecule has 0 bridgehead atoms. The van der Waals surface area contributed by atoms with Crippen molar-refractivity contribution in [2.45, 2.75) is 0 Å². The van der Waals surface area contributed by atoms with Crippen molar-refractivity contribution >= 4 is 49.8 Å². The highest BCUT2D eigenvalue weighted by molar-refractivity contribution is 6.10. The normalized spacial score (nSPS) is 11.3. The zero-order chi connectivity index (χ0) is 39.8. The van der Waals surface area contributed by atoms with Crippen LogP contribution >= 0.6 is 0 Å². The average molecular weight is 766 g/mol. The van der Waals surface area contributed by atoms with Crippen LogP contribution in [0.1, 0.15) is 0 Å². The summed E-state index contributed by atoms with van der Waals surface area (Å²) in [7, 11) is 0. The summed E-state index contributed by atoms with van der Waals surface area (Å²) in [6, 6.07) is 84.8. The summed E-state index contributed by atoms with van der Waals surface area (Å²) in [5.41, 5.74) is 16.9. The molecule has 11 aromatic rings. The van der Waals surface area contributed by atoms with Crippen LogP contribution in [0.15, 0.2) is 241 Å². The average Bonchev–Trinajstić information content (AvgIpc) is 3.72. The second-order valence-electron chi connectivity index (χ2n) is 15.3. The number of para-hydroxylation sites is 2. The van der Waals surface area contributed by atoms with E-state index < -0.39 is 0 Å². The van der Waals surface area contributed by atoms with Gasteiger partial charge in [0, 0.05) is 33.1 Å². The topological polar surface area (TPSA) is 16.4 Å². The Kier molecular flexibility index (Phi) is 8.87. The highest BCUT2D eigenvalue weighted by Gasteiger charge is 2.18. The van der Waals surface area contributed by atoms with Crippen molar-refractivity contribution in [2.24, 2.45) is 0 Å². The summed E-state index contributed by atoms with van der Waals surface area (Å²) in [6.45, 7) is 0. The lowest BCUT2D eigenvalue weighted by Gasteiger charge is -2.28. The summed E-state index contributed by atoms with van der Waals surface area (Å²) < 4.78 is 6.36. The van der Waals surface area contributed by atoms with Gasteiger partial charge in [-0.05, 0) is 97.9 Å². The lowest BCUT2D eigenvalue weighted by Crippen LogP contribution is -2.10. The van der Waals surface area contributed by atoms with Crippen LogP contribution in [0.3, 0.4) is 0 Å². The van der Waals surface area contributed by atoms with Crippen LogP contribution in [-0.2, 0) is 0 Å². The molecule has 282 valence electrons. The molecule has 0 aliphatic rings. The first-order valence-corrected chi connectivity index (χ1v) is 20.5. The summed E-state index contributed by atoms with van der Waals surface area (Å²) in [5.74, 6) is 0. The number of rotatable bonds is 8. The van der Waals surface area contributed by atoms with E-state index in [1.807, 2.05) is 12.1 Å². The van der Waals surface area contributed by atoms with E-state index in [0.717, 1.165) is 61.3 Å². The Bertz CT molecular complexity index is 3270. The smallest absolute Gasteiger partial charge is 0.143 e. The van der Waals surface area contributed by atoms with Crippen molar-refractivity contribution in [3.05, 3.63) is 237 Å². The molecule has 2 nitrogen and oxygen atoms in total. The first kappa shape index (κ1) is 35.2. The quantitative estimate of drug-likeness (QED) is 0.153. The Morgan fingerprint density at radius 1 is 0.267 bits per heavy atom. The maximum Gasteiger partial charge on any atom is 0.143 e. The molecule has 2 heteroatoms. The van der Waals surface area contributed by atoms with Crippen LogP contribution in [0.2, 0.25) is 0 Å². The van der Waals surface area contributed by atoms with Crippen molar-refractivity contribution in [3.63, 3.8) is 0 Å². The Morgan fingerprint density at radius 2 is 0.717 bits per heavy atom. The van der Waals surface area contributed by atoms with Gasteiger partial charge in [-0.1, -0.05) is 194 Å². The molecule has 0 amide bonds. The van der Waals surface area contributed by atoms with E-state index in [0.29, 0.717) is 0 Å².